The number of hydrogen-bond donors (Lipinski definition) is 2. The third kappa shape index (κ3) is 4.46. The van der Waals surface area contributed by atoms with Crippen LogP contribution in [0.3, 0.4) is 0 Å². The van der Waals surface area contributed by atoms with Crippen LogP contribution in [0.5, 0.6) is 0 Å². The summed E-state index contributed by atoms with van der Waals surface area (Å²) in [6.07, 6.45) is -4.12. The quantitative estimate of drug-likeness (QED) is 0.843. The van der Waals surface area contributed by atoms with Gasteiger partial charge in [-0.05, 0) is 29.9 Å². The number of benzene rings is 1. The van der Waals surface area contributed by atoms with Crippen molar-refractivity contribution in [3.8, 4) is 0 Å². The number of halogens is 3. The summed E-state index contributed by atoms with van der Waals surface area (Å²) >= 11 is 0. The molecule has 1 fully saturated rings. The maximum atomic E-state index is 13.0. The van der Waals surface area contributed by atoms with Gasteiger partial charge in [-0.25, -0.2) is 0 Å². The lowest BCUT2D eigenvalue weighted by molar-refractivity contribution is -0.139. The molecule has 0 radical (unpaired) electrons. The minimum Gasteiger partial charge on any atom is -0.481 e. The molecule has 1 amide bonds. The Morgan fingerprint density at radius 2 is 2.00 bits per heavy atom. The number of carbonyl (C=O) groups excluding carboxylic acids is 1. The van der Waals surface area contributed by atoms with Gasteiger partial charge in [0.25, 0.3) is 0 Å². The number of carbonyl (C=O) groups is 2. The van der Waals surface area contributed by atoms with Crippen molar-refractivity contribution in [1.29, 1.82) is 0 Å². The Labute approximate surface area is 131 Å². The van der Waals surface area contributed by atoms with Gasteiger partial charge < -0.3 is 10.4 Å². The molecule has 0 aliphatic heterocycles. The molecule has 3 unspecified atom stereocenters. The van der Waals surface area contributed by atoms with Crippen molar-refractivity contribution in [3.05, 3.63) is 35.4 Å². The lowest BCUT2D eigenvalue weighted by Gasteiger charge is -2.13. The largest absolute Gasteiger partial charge is 0.481 e. The summed E-state index contributed by atoms with van der Waals surface area (Å²) in [4.78, 5) is 22.6. The zero-order valence-electron chi connectivity index (χ0n) is 12.6. The third-order valence-electron chi connectivity index (χ3n) is 3.94. The molecule has 126 valence electrons. The van der Waals surface area contributed by atoms with Gasteiger partial charge >= 0.3 is 12.1 Å². The minimum atomic E-state index is -4.43. The molecule has 1 saturated carbocycles. The second kappa shape index (κ2) is 6.60. The van der Waals surface area contributed by atoms with E-state index >= 15 is 0 Å². The summed E-state index contributed by atoms with van der Waals surface area (Å²) in [5.41, 5.74) is -0.543. The molecule has 1 aliphatic carbocycles. The van der Waals surface area contributed by atoms with Gasteiger partial charge in [-0.3, -0.25) is 9.59 Å². The molecular weight excluding hydrogens is 311 g/mol. The highest BCUT2D eigenvalue weighted by Gasteiger charge is 2.47. The molecule has 1 aromatic rings. The van der Waals surface area contributed by atoms with Gasteiger partial charge in [-0.15, -0.1) is 0 Å². The van der Waals surface area contributed by atoms with E-state index < -0.39 is 29.5 Å². The second-order valence-corrected chi connectivity index (χ2v) is 5.98. The lowest BCUT2D eigenvalue weighted by Crippen LogP contribution is -2.30. The first-order chi connectivity index (χ1) is 10.7. The van der Waals surface area contributed by atoms with Gasteiger partial charge in [0.2, 0.25) is 5.91 Å². The van der Waals surface area contributed by atoms with Crippen molar-refractivity contribution >= 4 is 11.9 Å². The average molecular weight is 329 g/mol. The van der Waals surface area contributed by atoms with E-state index in [4.69, 9.17) is 5.11 Å². The van der Waals surface area contributed by atoms with Crippen molar-refractivity contribution < 1.29 is 27.9 Å². The van der Waals surface area contributed by atoms with Crippen LogP contribution in [-0.2, 0) is 15.8 Å². The van der Waals surface area contributed by atoms with E-state index in [9.17, 15) is 22.8 Å². The van der Waals surface area contributed by atoms with Crippen molar-refractivity contribution in [2.24, 2.45) is 11.8 Å². The monoisotopic (exact) mass is 329 g/mol. The normalized spacial score (nSPS) is 21.6. The SMILES string of the molecule is CC(CNC(=O)C1CC1c1ccccc1C(F)(F)F)CC(=O)O. The molecule has 1 aromatic carbocycles. The Morgan fingerprint density at radius 3 is 2.61 bits per heavy atom. The van der Waals surface area contributed by atoms with E-state index in [1.807, 2.05) is 0 Å². The summed E-state index contributed by atoms with van der Waals surface area (Å²) in [5.74, 6) is -2.39. The summed E-state index contributed by atoms with van der Waals surface area (Å²) in [7, 11) is 0. The average Bonchev–Trinajstić information content (AvgIpc) is 3.23. The molecule has 4 nitrogen and oxygen atoms in total. The fourth-order valence-electron chi connectivity index (χ4n) is 2.68. The number of alkyl halides is 3. The van der Waals surface area contributed by atoms with E-state index in [2.05, 4.69) is 5.32 Å². The highest BCUT2D eigenvalue weighted by atomic mass is 19.4. The molecule has 3 atom stereocenters. The van der Waals surface area contributed by atoms with Crippen LogP contribution in [0.1, 0.15) is 36.8 Å². The number of carboxylic acid groups (broad SMARTS) is 1. The van der Waals surface area contributed by atoms with Gasteiger partial charge in [0.05, 0.1) is 5.56 Å². The molecule has 0 saturated heterocycles. The maximum absolute atomic E-state index is 13.0. The fourth-order valence-corrected chi connectivity index (χ4v) is 2.68. The van der Waals surface area contributed by atoms with Gasteiger partial charge in [-0.2, -0.15) is 13.2 Å². The molecule has 7 heteroatoms. The predicted molar refractivity (Wildman–Crippen MR) is 76.7 cm³/mol. The minimum absolute atomic E-state index is 0.0642. The highest BCUT2D eigenvalue weighted by molar-refractivity contribution is 5.83. The molecule has 0 bridgehead atoms. The lowest BCUT2D eigenvalue weighted by atomic mass is 10.0. The van der Waals surface area contributed by atoms with Crippen LogP contribution in [0.15, 0.2) is 24.3 Å². The molecular formula is C16H18F3NO3. The first-order valence-corrected chi connectivity index (χ1v) is 7.35. The third-order valence-corrected chi connectivity index (χ3v) is 3.94. The Balaban J connectivity index is 1.95. The molecule has 0 spiro atoms. The van der Waals surface area contributed by atoms with E-state index in [1.54, 1.807) is 6.92 Å². The van der Waals surface area contributed by atoms with Gasteiger partial charge in [0, 0.05) is 18.9 Å². The molecule has 0 aromatic heterocycles. The Bertz CT molecular complexity index is 600. The summed E-state index contributed by atoms with van der Waals surface area (Å²) < 4.78 is 39.0. The molecule has 1 aliphatic rings. The van der Waals surface area contributed by atoms with Crippen LogP contribution in [0.25, 0.3) is 0 Å². The predicted octanol–water partition coefficient (Wildman–Crippen LogP) is 3.04. The van der Waals surface area contributed by atoms with Crippen LogP contribution >= 0.6 is 0 Å². The number of aliphatic carboxylic acids is 1. The summed E-state index contributed by atoms with van der Waals surface area (Å²) in [5, 5.41) is 11.3. The molecule has 0 heterocycles. The zero-order valence-corrected chi connectivity index (χ0v) is 12.6. The van der Waals surface area contributed by atoms with Crippen LogP contribution in [-0.4, -0.2) is 23.5 Å². The first-order valence-electron chi connectivity index (χ1n) is 7.35. The molecule has 2 rings (SSSR count). The number of carboxylic acids is 1. The van der Waals surface area contributed by atoms with Crippen molar-refractivity contribution in [2.45, 2.75) is 31.9 Å². The fraction of sp³-hybridized carbons (Fsp3) is 0.500. The van der Waals surface area contributed by atoms with Crippen LogP contribution in [0.2, 0.25) is 0 Å². The number of hydrogen-bond acceptors (Lipinski definition) is 2. The Kier molecular flexibility index (Phi) is 4.97. The van der Waals surface area contributed by atoms with E-state index in [0.717, 1.165) is 6.07 Å². The molecule has 2 N–H and O–H groups in total. The van der Waals surface area contributed by atoms with E-state index in [-0.39, 0.29) is 30.4 Å². The smallest absolute Gasteiger partial charge is 0.416 e. The molecule has 23 heavy (non-hydrogen) atoms. The van der Waals surface area contributed by atoms with Gasteiger partial charge in [0.1, 0.15) is 0 Å². The summed E-state index contributed by atoms with van der Waals surface area (Å²) in [6, 6.07) is 5.30. The highest BCUT2D eigenvalue weighted by Crippen LogP contribution is 2.51. The first kappa shape index (κ1) is 17.3. The second-order valence-electron chi connectivity index (χ2n) is 5.98. The zero-order chi connectivity index (χ0) is 17.2. The Hall–Kier alpha value is -2.05. The van der Waals surface area contributed by atoms with E-state index in [1.165, 1.54) is 18.2 Å². The maximum Gasteiger partial charge on any atom is 0.416 e. The van der Waals surface area contributed by atoms with Crippen LogP contribution < -0.4 is 5.32 Å². The van der Waals surface area contributed by atoms with Gasteiger partial charge in [-0.1, -0.05) is 25.1 Å². The van der Waals surface area contributed by atoms with Gasteiger partial charge in [0.15, 0.2) is 0 Å². The number of nitrogens with one attached hydrogen (secondary N) is 1. The van der Waals surface area contributed by atoms with Crippen LogP contribution in [0, 0.1) is 11.8 Å². The standard InChI is InChI=1S/C16H18F3NO3/c1-9(6-14(21)22)8-20-15(23)12-7-11(12)10-4-2-3-5-13(10)16(17,18)19/h2-5,9,11-12H,6-8H2,1H3,(H,20,23)(H,21,22). The number of amides is 1. The van der Waals surface area contributed by atoms with Crippen molar-refractivity contribution in [2.75, 3.05) is 6.54 Å². The topological polar surface area (TPSA) is 66.4 Å². The van der Waals surface area contributed by atoms with Crippen molar-refractivity contribution in [3.63, 3.8) is 0 Å². The number of rotatable bonds is 6. The van der Waals surface area contributed by atoms with Crippen LogP contribution in [0.4, 0.5) is 13.2 Å². The van der Waals surface area contributed by atoms with Crippen molar-refractivity contribution in [1.82, 2.24) is 5.32 Å². The van der Waals surface area contributed by atoms with E-state index in [0.29, 0.717) is 6.42 Å². The summed E-state index contributed by atoms with van der Waals surface area (Å²) in [6.45, 7) is 1.90. The Morgan fingerprint density at radius 1 is 1.35 bits per heavy atom.